The zero-order valence-corrected chi connectivity index (χ0v) is 14.3. The van der Waals surface area contributed by atoms with Gasteiger partial charge in [0, 0.05) is 13.1 Å². The van der Waals surface area contributed by atoms with Crippen LogP contribution in [0, 0.1) is 10.8 Å². The second-order valence-corrected chi connectivity index (χ2v) is 7.34. The Balaban J connectivity index is 2.91. The molecule has 0 aromatic carbocycles. The van der Waals surface area contributed by atoms with Crippen LogP contribution in [0.5, 0.6) is 0 Å². The molecule has 0 radical (unpaired) electrons. The molecule has 1 saturated heterocycles. The number of carbonyl (C=O) groups is 1. The van der Waals surface area contributed by atoms with Crippen molar-refractivity contribution in [2.45, 2.75) is 66.2 Å². The highest BCUT2D eigenvalue weighted by Crippen LogP contribution is 2.36. The quantitative estimate of drug-likeness (QED) is 0.763. The molecule has 0 aliphatic carbocycles. The van der Waals surface area contributed by atoms with Gasteiger partial charge in [0.05, 0.1) is 10.4 Å². The van der Waals surface area contributed by atoms with Crippen LogP contribution in [0.2, 0.25) is 0 Å². The van der Waals surface area contributed by atoms with Crippen LogP contribution < -0.4 is 5.73 Å². The maximum Gasteiger partial charge on any atom is 0.235 e. The van der Waals surface area contributed by atoms with Gasteiger partial charge in [-0.1, -0.05) is 52.8 Å². The molecule has 1 rings (SSSR count). The summed E-state index contributed by atoms with van der Waals surface area (Å²) in [5, 5.41) is 0. The van der Waals surface area contributed by atoms with Crippen LogP contribution in [0.4, 0.5) is 0 Å². The molecule has 0 atom stereocenters. The predicted molar refractivity (Wildman–Crippen MR) is 88.6 cm³/mol. The number of likely N-dealkylation sites (tertiary alicyclic amines) is 1. The van der Waals surface area contributed by atoms with E-state index in [1.54, 1.807) is 0 Å². The summed E-state index contributed by atoms with van der Waals surface area (Å²) in [6, 6.07) is 0. The van der Waals surface area contributed by atoms with Crippen LogP contribution in [0.1, 0.15) is 66.2 Å². The van der Waals surface area contributed by atoms with E-state index in [1.165, 1.54) is 0 Å². The molecule has 116 valence electrons. The average molecular weight is 298 g/mol. The molecule has 0 aromatic heterocycles. The Labute approximate surface area is 129 Å². The fraction of sp³-hybridized carbons (Fsp3) is 0.875. The van der Waals surface area contributed by atoms with Crippen molar-refractivity contribution in [1.82, 2.24) is 4.90 Å². The monoisotopic (exact) mass is 298 g/mol. The molecule has 1 aliphatic heterocycles. The molecule has 1 heterocycles. The van der Waals surface area contributed by atoms with Crippen molar-refractivity contribution in [2.75, 3.05) is 13.1 Å². The molecule has 3 nitrogen and oxygen atoms in total. The van der Waals surface area contributed by atoms with Gasteiger partial charge in [0.25, 0.3) is 0 Å². The Bertz CT molecular complexity index is 349. The van der Waals surface area contributed by atoms with Crippen LogP contribution >= 0.6 is 12.2 Å². The van der Waals surface area contributed by atoms with E-state index in [-0.39, 0.29) is 5.91 Å². The van der Waals surface area contributed by atoms with Crippen molar-refractivity contribution in [3.05, 3.63) is 0 Å². The number of thiocarbonyl (C=S) groups is 1. The van der Waals surface area contributed by atoms with Crippen LogP contribution in [0.3, 0.4) is 0 Å². The fourth-order valence-electron chi connectivity index (χ4n) is 3.16. The Hall–Kier alpha value is -0.640. The van der Waals surface area contributed by atoms with Gasteiger partial charge in [-0.2, -0.15) is 0 Å². The molecule has 0 bridgehead atoms. The van der Waals surface area contributed by atoms with E-state index in [1.807, 2.05) is 4.90 Å². The Morgan fingerprint density at radius 3 is 2.00 bits per heavy atom. The van der Waals surface area contributed by atoms with Gasteiger partial charge in [-0.15, -0.1) is 0 Å². The van der Waals surface area contributed by atoms with E-state index >= 15 is 0 Å². The van der Waals surface area contributed by atoms with E-state index < -0.39 is 5.41 Å². The summed E-state index contributed by atoms with van der Waals surface area (Å²) in [6.45, 7) is 10.4. The second kappa shape index (κ2) is 6.88. The Morgan fingerprint density at radius 1 is 1.20 bits per heavy atom. The van der Waals surface area contributed by atoms with Crippen LogP contribution in [-0.4, -0.2) is 28.9 Å². The Kier molecular flexibility index (Phi) is 5.99. The second-order valence-electron chi connectivity index (χ2n) is 6.90. The minimum Gasteiger partial charge on any atom is -0.392 e. The molecule has 1 aliphatic rings. The summed E-state index contributed by atoms with van der Waals surface area (Å²) in [5.41, 5.74) is 5.72. The first kappa shape index (κ1) is 17.4. The minimum atomic E-state index is -0.611. The van der Waals surface area contributed by atoms with Gasteiger partial charge >= 0.3 is 0 Å². The minimum absolute atomic E-state index is 0.171. The number of hydrogen-bond acceptors (Lipinski definition) is 2. The number of piperidine rings is 1. The molecule has 2 N–H and O–H groups in total. The predicted octanol–water partition coefficient (Wildman–Crippen LogP) is 3.51. The lowest BCUT2D eigenvalue weighted by atomic mass is 9.76. The molecule has 1 amide bonds. The maximum absolute atomic E-state index is 13.0. The zero-order valence-electron chi connectivity index (χ0n) is 13.5. The number of hydrogen-bond donors (Lipinski definition) is 1. The third kappa shape index (κ3) is 3.72. The summed E-state index contributed by atoms with van der Waals surface area (Å²) >= 11 is 5.28. The van der Waals surface area contributed by atoms with Gasteiger partial charge in [0.1, 0.15) is 0 Å². The smallest absolute Gasteiger partial charge is 0.235 e. The molecular formula is C16H30N2OS. The van der Waals surface area contributed by atoms with Crippen molar-refractivity contribution >= 4 is 23.1 Å². The van der Waals surface area contributed by atoms with Gasteiger partial charge in [-0.25, -0.2) is 0 Å². The highest BCUT2D eigenvalue weighted by atomic mass is 32.1. The SMILES string of the molecule is CCCC(CCC)(C(=O)N1CCC(C)(C)CC1)C(N)=S. The number of nitrogens with zero attached hydrogens (tertiary/aromatic N) is 1. The molecule has 0 spiro atoms. The van der Waals surface area contributed by atoms with E-state index in [0.717, 1.165) is 51.6 Å². The van der Waals surface area contributed by atoms with Crippen LogP contribution in [0.15, 0.2) is 0 Å². The molecule has 4 heteroatoms. The Morgan fingerprint density at radius 2 is 1.65 bits per heavy atom. The standard InChI is InChI=1S/C16H30N2OS/c1-5-7-16(8-6-2,13(17)20)14(19)18-11-9-15(3,4)10-12-18/h5-12H2,1-4H3,(H2,17,20). The third-order valence-corrected chi connectivity index (χ3v) is 5.03. The van der Waals surface area contributed by atoms with Crippen molar-refractivity contribution < 1.29 is 4.79 Å². The lowest BCUT2D eigenvalue weighted by molar-refractivity contribution is -0.141. The highest BCUT2D eigenvalue weighted by molar-refractivity contribution is 7.80. The molecule has 0 saturated carbocycles. The average Bonchev–Trinajstić information content (AvgIpc) is 2.37. The first-order chi connectivity index (χ1) is 9.29. The van der Waals surface area contributed by atoms with E-state index in [0.29, 0.717) is 10.4 Å². The molecule has 0 aromatic rings. The summed E-state index contributed by atoms with van der Waals surface area (Å²) < 4.78 is 0. The van der Waals surface area contributed by atoms with E-state index in [4.69, 9.17) is 18.0 Å². The van der Waals surface area contributed by atoms with Crippen LogP contribution in [-0.2, 0) is 4.79 Å². The van der Waals surface area contributed by atoms with Gasteiger partial charge in [0.2, 0.25) is 5.91 Å². The third-order valence-electron chi connectivity index (χ3n) is 4.64. The van der Waals surface area contributed by atoms with Crippen molar-refractivity contribution in [3.63, 3.8) is 0 Å². The molecule has 1 fully saturated rings. The summed E-state index contributed by atoms with van der Waals surface area (Å²) in [5.74, 6) is 0.171. The van der Waals surface area contributed by atoms with Crippen LogP contribution in [0.25, 0.3) is 0 Å². The largest absolute Gasteiger partial charge is 0.392 e. The number of amides is 1. The molecular weight excluding hydrogens is 268 g/mol. The van der Waals surface area contributed by atoms with Crippen molar-refractivity contribution in [1.29, 1.82) is 0 Å². The number of rotatable bonds is 6. The van der Waals surface area contributed by atoms with Crippen molar-refractivity contribution in [2.24, 2.45) is 16.6 Å². The van der Waals surface area contributed by atoms with Gasteiger partial charge in [-0.05, 0) is 31.1 Å². The topological polar surface area (TPSA) is 46.3 Å². The lowest BCUT2D eigenvalue weighted by Gasteiger charge is -2.42. The summed E-state index contributed by atoms with van der Waals surface area (Å²) in [4.78, 5) is 15.4. The molecule has 0 unspecified atom stereocenters. The van der Waals surface area contributed by atoms with Gasteiger partial charge < -0.3 is 10.6 Å². The first-order valence-corrected chi connectivity index (χ1v) is 8.29. The molecule has 20 heavy (non-hydrogen) atoms. The zero-order chi connectivity index (χ0) is 15.4. The van der Waals surface area contributed by atoms with E-state index in [9.17, 15) is 4.79 Å². The highest BCUT2D eigenvalue weighted by Gasteiger charge is 2.43. The fourth-order valence-corrected chi connectivity index (χ4v) is 3.45. The summed E-state index contributed by atoms with van der Waals surface area (Å²) in [7, 11) is 0. The number of nitrogens with two attached hydrogens (primary N) is 1. The summed E-state index contributed by atoms with van der Waals surface area (Å²) in [6.07, 6.45) is 5.53. The maximum atomic E-state index is 13.0. The van der Waals surface area contributed by atoms with Gasteiger partial charge in [-0.3, -0.25) is 4.79 Å². The number of carbonyl (C=O) groups excluding carboxylic acids is 1. The normalized spacial score (nSPS) is 18.9. The lowest BCUT2D eigenvalue weighted by Crippen LogP contribution is -2.53. The van der Waals surface area contributed by atoms with Gasteiger partial charge in [0.15, 0.2) is 0 Å². The first-order valence-electron chi connectivity index (χ1n) is 7.88. The van der Waals surface area contributed by atoms with E-state index in [2.05, 4.69) is 27.7 Å². The van der Waals surface area contributed by atoms with Crippen molar-refractivity contribution in [3.8, 4) is 0 Å².